The average Bonchev–Trinajstić information content (AvgIpc) is 2.27. The maximum atomic E-state index is 11.1. The third-order valence-corrected chi connectivity index (χ3v) is 3.82. The van der Waals surface area contributed by atoms with Gasteiger partial charge in [-0.2, -0.15) is 0 Å². The standard InChI is InChI=1S/C12H20O5S/c1-6-7(2)12(18)17-10(5-15-8(3)13)11(6)16-9(4)14/h6-7,10-12,18H,5H2,1-4H3/t6-,7?,10?,11-,12-/m1/s1. The van der Waals surface area contributed by atoms with Gasteiger partial charge in [0.1, 0.15) is 24.3 Å². The average molecular weight is 276 g/mol. The summed E-state index contributed by atoms with van der Waals surface area (Å²) in [5.74, 6) is -0.521. The predicted molar refractivity (Wildman–Crippen MR) is 68.2 cm³/mol. The second kappa shape index (κ2) is 6.43. The highest BCUT2D eigenvalue weighted by Crippen LogP contribution is 2.34. The van der Waals surface area contributed by atoms with Crippen LogP contribution in [-0.4, -0.2) is 36.2 Å². The van der Waals surface area contributed by atoms with Crippen molar-refractivity contribution in [2.75, 3.05) is 6.61 Å². The zero-order chi connectivity index (χ0) is 13.9. The molecule has 18 heavy (non-hydrogen) atoms. The zero-order valence-corrected chi connectivity index (χ0v) is 12.0. The summed E-state index contributed by atoms with van der Waals surface area (Å²) in [6.45, 7) is 6.72. The second-order valence-corrected chi connectivity index (χ2v) is 5.17. The number of hydrogen-bond donors (Lipinski definition) is 1. The van der Waals surface area contributed by atoms with E-state index in [1.807, 2.05) is 13.8 Å². The Labute approximate surface area is 113 Å². The van der Waals surface area contributed by atoms with Crippen molar-refractivity contribution in [1.82, 2.24) is 0 Å². The molecule has 1 saturated heterocycles. The van der Waals surface area contributed by atoms with Crippen molar-refractivity contribution in [3.05, 3.63) is 0 Å². The molecule has 0 spiro atoms. The Balaban J connectivity index is 2.75. The molecule has 1 heterocycles. The van der Waals surface area contributed by atoms with Crippen LogP contribution < -0.4 is 0 Å². The Morgan fingerprint density at radius 1 is 1.17 bits per heavy atom. The van der Waals surface area contributed by atoms with Crippen molar-refractivity contribution in [2.45, 2.75) is 45.3 Å². The lowest BCUT2D eigenvalue weighted by Crippen LogP contribution is -2.51. The second-order valence-electron chi connectivity index (χ2n) is 4.66. The maximum Gasteiger partial charge on any atom is 0.303 e. The highest BCUT2D eigenvalue weighted by Gasteiger charge is 2.42. The van der Waals surface area contributed by atoms with Crippen LogP contribution in [0, 0.1) is 11.8 Å². The summed E-state index contributed by atoms with van der Waals surface area (Å²) in [7, 11) is 0. The van der Waals surface area contributed by atoms with E-state index < -0.39 is 12.2 Å². The molecule has 5 atom stereocenters. The van der Waals surface area contributed by atoms with Crippen molar-refractivity contribution in [3.63, 3.8) is 0 Å². The van der Waals surface area contributed by atoms with Gasteiger partial charge in [-0.1, -0.05) is 13.8 Å². The highest BCUT2D eigenvalue weighted by molar-refractivity contribution is 7.80. The summed E-state index contributed by atoms with van der Waals surface area (Å²) >= 11 is 4.35. The van der Waals surface area contributed by atoms with Crippen molar-refractivity contribution in [2.24, 2.45) is 11.8 Å². The summed E-state index contributed by atoms with van der Waals surface area (Å²) in [5, 5.41) is 0. The molecule has 5 nitrogen and oxygen atoms in total. The van der Waals surface area contributed by atoms with Gasteiger partial charge < -0.3 is 14.2 Å². The van der Waals surface area contributed by atoms with Gasteiger partial charge in [-0.15, -0.1) is 12.6 Å². The number of carbonyl (C=O) groups is 2. The molecule has 1 aliphatic rings. The Morgan fingerprint density at radius 3 is 2.28 bits per heavy atom. The largest absolute Gasteiger partial charge is 0.463 e. The predicted octanol–water partition coefficient (Wildman–Crippen LogP) is 1.41. The van der Waals surface area contributed by atoms with Crippen LogP contribution in [0.5, 0.6) is 0 Å². The van der Waals surface area contributed by atoms with E-state index in [2.05, 4.69) is 12.6 Å². The van der Waals surface area contributed by atoms with Crippen molar-refractivity contribution >= 4 is 24.6 Å². The van der Waals surface area contributed by atoms with Crippen molar-refractivity contribution in [1.29, 1.82) is 0 Å². The van der Waals surface area contributed by atoms with Crippen LogP contribution in [0.15, 0.2) is 0 Å². The molecule has 0 aromatic heterocycles. The minimum atomic E-state index is -0.466. The van der Waals surface area contributed by atoms with Gasteiger partial charge in [0, 0.05) is 19.8 Å². The first-order valence-electron chi connectivity index (χ1n) is 5.97. The van der Waals surface area contributed by atoms with Gasteiger partial charge in [-0.25, -0.2) is 0 Å². The lowest BCUT2D eigenvalue weighted by Gasteiger charge is -2.42. The van der Waals surface area contributed by atoms with Gasteiger partial charge >= 0.3 is 11.9 Å². The number of carbonyl (C=O) groups excluding carboxylic acids is 2. The Hall–Kier alpha value is -0.750. The number of hydrogen-bond acceptors (Lipinski definition) is 6. The van der Waals surface area contributed by atoms with Crippen LogP contribution in [0.2, 0.25) is 0 Å². The lowest BCUT2D eigenvalue weighted by molar-refractivity contribution is -0.191. The molecule has 0 aromatic rings. The molecule has 0 bridgehead atoms. The SMILES string of the molecule is CC(=O)OCC1O[C@H](S)C(C)[C@@H](C)[C@H]1OC(C)=O. The van der Waals surface area contributed by atoms with Gasteiger partial charge in [0.15, 0.2) is 0 Å². The van der Waals surface area contributed by atoms with E-state index in [1.165, 1.54) is 13.8 Å². The molecule has 0 amide bonds. The van der Waals surface area contributed by atoms with Crippen LogP contribution in [0.3, 0.4) is 0 Å². The molecule has 0 aliphatic carbocycles. The first-order valence-corrected chi connectivity index (χ1v) is 6.48. The molecule has 6 heteroatoms. The van der Waals surface area contributed by atoms with E-state index in [0.29, 0.717) is 0 Å². The molecular weight excluding hydrogens is 256 g/mol. The zero-order valence-electron chi connectivity index (χ0n) is 11.1. The molecule has 0 aromatic carbocycles. The van der Waals surface area contributed by atoms with Gasteiger partial charge in [-0.05, 0) is 5.92 Å². The molecule has 0 radical (unpaired) electrons. The van der Waals surface area contributed by atoms with E-state index >= 15 is 0 Å². The Morgan fingerprint density at radius 2 is 1.78 bits per heavy atom. The van der Waals surface area contributed by atoms with Gasteiger partial charge in [0.05, 0.1) is 0 Å². The summed E-state index contributed by atoms with van der Waals surface area (Å²) in [4.78, 5) is 22.0. The molecule has 2 unspecified atom stereocenters. The molecule has 0 saturated carbocycles. The first kappa shape index (κ1) is 15.3. The van der Waals surface area contributed by atoms with Gasteiger partial charge in [0.25, 0.3) is 0 Å². The van der Waals surface area contributed by atoms with Crippen LogP contribution in [0.1, 0.15) is 27.7 Å². The number of rotatable bonds is 3. The molecular formula is C12H20O5S. The quantitative estimate of drug-likeness (QED) is 0.624. The van der Waals surface area contributed by atoms with E-state index in [4.69, 9.17) is 14.2 Å². The first-order chi connectivity index (χ1) is 8.32. The summed E-state index contributed by atoms with van der Waals surface area (Å²) < 4.78 is 15.9. The van der Waals surface area contributed by atoms with Crippen LogP contribution in [-0.2, 0) is 23.8 Å². The molecule has 104 valence electrons. The van der Waals surface area contributed by atoms with E-state index in [0.717, 1.165) is 0 Å². The fourth-order valence-electron chi connectivity index (χ4n) is 1.99. The topological polar surface area (TPSA) is 61.8 Å². The maximum absolute atomic E-state index is 11.1. The molecule has 0 N–H and O–H groups in total. The molecule has 1 rings (SSSR count). The van der Waals surface area contributed by atoms with E-state index in [-0.39, 0.29) is 35.8 Å². The van der Waals surface area contributed by atoms with Crippen LogP contribution in [0.4, 0.5) is 0 Å². The summed E-state index contributed by atoms with van der Waals surface area (Å²) in [6, 6.07) is 0. The molecule has 1 fully saturated rings. The van der Waals surface area contributed by atoms with Crippen molar-refractivity contribution < 1.29 is 23.8 Å². The third-order valence-electron chi connectivity index (χ3n) is 3.23. The number of esters is 2. The highest BCUT2D eigenvalue weighted by atomic mass is 32.1. The van der Waals surface area contributed by atoms with Gasteiger partial charge in [-0.3, -0.25) is 9.59 Å². The normalized spacial score (nSPS) is 35.9. The fourth-order valence-corrected chi connectivity index (χ4v) is 2.41. The lowest BCUT2D eigenvalue weighted by atomic mass is 9.85. The number of thiol groups is 1. The van der Waals surface area contributed by atoms with E-state index in [9.17, 15) is 9.59 Å². The molecule has 1 aliphatic heterocycles. The Kier molecular flexibility index (Phi) is 5.47. The minimum absolute atomic E-state index is 0.0708. The van der Waals surface area contributed by atoms with Crippen LogP contribution >= 0.6 is 12.6 Å². The Bertz CT molecular complexity index is 320. The summed E-state index contributed by atoms with van der Waals surface area (Å²) in [6.07, 6.45) is -0.883. The van der Waals surface area contributed by atoms with Crippen LogP contribution in [0.25, 0.3) is 0 Å². The van der Waals surface area contributed by atoms with Crippen molar-refractivity contribution in [3.8, 4) is 0 Å². The monoisotopic (exact) mass is 276 g/mol. The fraction of sp³-hybridized carbons (Fsp3) is 0.833. The van der Waals surface area contributed by atoms with E-state index in [1.54, 1.807) is 0 Å². The smallest absolute Gasteiger partial charge is 0.303 e. The summed E-state index contributed by atoms with van der Waals surface area (Å²) in [5.41, 5.74) is -0.257. The number of ether oxygens (including phenoxy) is 3. The minimum Gasteiger partial charge on any atom is -0.463 e. The van der Waals surface area contributed by atoms with Gasteiger partial charge in [0.2, 0.25) is 0 Å². The third kappa shape index (κ3) is 3.88.